The topological polar surface area (TPSA) is 62.6 Å². The highest BCUT2D eigenvalue weighted by molar-refractivity contribution is 5.58. The maximum absolute atomic E-state index is 12.4. The standard InChI is InChI=1S/C23H27N5O2/c1-30-22-10-6-5-9-21(22)27-15-13-26(14-16-27)12-11-24-19-17-23(29)28(25-18-19)20-7-3-2-4-8-20/h2-10,17-18,24H,11-16H2,1H3. The molecule has 0 spiro atoms. The minimum Gasteiger partial charge on any atom is -0.495 e. The number of rotatable bonds is 7. The molecule has 0 bridgehead atoms. The molecule has 2 aromatic carbocycles. The van der Waals surface area contributed by atoms with Crippen molar-refractivity contribution in [2.45, 2.75) is 0 Å². The molecular formula is C23H27N5O2. The number of piperazine rings is 1. The monoisotopic (exact) mass is 405 g/mol. The normalized spacial score (nSPS) is 14.5. The van der Waals surface area contributed by atoms with Crippen LogP contribution in [0.3, 0.4) is 0 Å². The number of hydrogen-bond acceptors (Lipinski definition) is 6. The Morgan fingerprint density at radius 1 is 1.00 bits per heavy atom. The molecule has 1 aromatic heterocycles. The Labute approximate surface area is 176 Å². The average molecular weight is 406 g/mol. The van der Waals surface area contributed by atoms with Gasteiger partial charge < -0.3 is 15.0 Å². The van der Waals surface area contributed by atoms with E-state index in [9.17, 15) is 4.79 Å². The number of methoxy groups -OCH3 is 1. The van der Waals surface area contributed by atoms with Gasteiger partial charge in [-0.2, -0.15) is 9.78 Å². The van der Waals surface area contributed by atoms with Crippen LogP contribution in [0, 0.1) is 0 Å². The van der Waals surface area contributed by atoms with E-state index in [1.165, 1.54) is 4.68 Å². The predicted molar refractivity (Wildman–Crippen MR) is 120 cm³/mol. The molecule has 0 radical (unpaired) electrons. The zero-order chi connectivity index (χ0) is 20.8. The Kier molecular flexibility index (Phi) is 6.29. The van der Waals surface area contributed by atoms with Crippen LogP contribution in [0.25, 0.3) is 5.69 Å². The van der Waals surface area contributed by atoms with E-state index >= 15 is 0 Å². The maximum Gasteiger partial charge on any atom is 0.273 e. The van der Waals surface area contributed by atoms with Gasteiger partial charge in [-0.05, 0) is 24.3 Å². The molecule has 7 heteroatoms. The van der Waals surface area contributed by atoms with Gasteiger partial charge in [-0.15, -0.1) is 0 Å². The summed E-state index contributed by atoms with van der Waals surface area (Å²) >= 11 is 0. The summed E-state index contributed by atoms with van der Waals surface area (Å²) in [5, 5.41) is 7.60. The second-order valence-corrected chi connectivity index (χ2v) is 7.26. The van der Waals surface area contributed by atoms with Crippen molar-refractivity contribution in [1.82, 2.24) is 14.7 Å². The summed E-state index contributed by atoms with van der Waals surface area (Å²) in [6.45, 7) is 5.61. The van der Waals surface area contributed by atoms with Crippen LogP contribution in [0.1, 0.15) is 0 Å². The summed E-state index contributed by atoms with van der Waals surface area (Å²) < 4.78 is 6.89. The van der Waals surface area contributed by atoms with Crippen LogP contribution in [-0.2, 0) is 0 Å². The summed E-state index contributed by atoms with van der Waals surface area (Å²) in [6.07, 6.45) is 1.70. The molecule has 4 rings (SSSR count). The van der Waals surface area contributed by atoms with Gasteiger partial charge in [-0.25, -0.2) is 0 Å². The number of para-hydroxylation sites is 3. The lowest BCUT2D eigenvalue weighted by Gasteiger charge is -2.36. The highest BCUT2D eigenvalue weighted by atomic mass is 16.5. The van der Waals surface area contributed by atoms with Gasteiger partial charge in [0.25, 0.3) is 5.56 Å². The Bertz CT molecular complexity index is 1010. The van der Waals surface area contributed by atoms with E-state index in [1.54, 1.807) is 19.4 Å². The third-order valence-electron chi connectivity index (χ3n) is 5.36. The number of benzene rings is 2. The van der Waals surface area contributed by atoms with Crippen molar-refractivity contribution < 1.29 is 4.74 Å². The molecular weight excluding hydrogens is 378 g/mol. The summed E-state index contributed by atoms with van der Waals surface area (Å²) in [6, 6.07) is 19.2. The third kappa shape index (κ3) is 4.63. The lowest BCUT2D eigenvalue weighted by molar-refractivity contribution is 0.266. The van der Waals surface area contributed by atoms with Crippen molar-refractivity contribution in [2.75, 3.05) is 56.6 Å². The van der Waals surface area contributed by atoms with Crippen LogP contribution in [0.2, 0.25) is 0 Å². The van der Waals surface area contributed by atoms with Crippen molar-refractivity contribution in [1.29, 1.82) is 0 Å². The molecule has 1 N–H and O–H groups in total. The van der Waals surface area contributed by atoms with E-state index in [4.69, 9.17) is 4.74 Å². The van der Waals surface area contributed by atoms with E-state index < -0.39 is 0 Å². The second kappa shape index (κ2) is 9.45. The molecule has 30 heavy (non-hydrogen) atoms. The first-order valence-corrected chi connectivity index (χ1v) is 10.2. The van der Waals surface area contributed by atoms with Gasteiger partial charge in [0, 0.05) is 45.3 Å². The maximum atomic E-state index is 12.4. The first-order valence-electron chi connectivity index (χ1n) is 10.2. The van der Waals surface area contributed by atoms with Gasteiger partial charge in [-0.3, -0.25) is 9.69 Å². The Hall–Kier alpha value is -3.32. The Morgan fingerprint density at radius 2 is 1.73 bits per heavy atom. The Balaban J connectivity index is 1.27. The molecule has 0 unspecified atom stereocenters. The smallest absolute Gasteiger partial charge is 0.273 e. The lowest BCUT2D eigenvalue weighted by Crippen LogP contribution is -2.47. The fraction of sp³-hybridized carbons (Fsp3) is 0.304. The van der Waals surface area contributed by atoms with Crippen LogP contribution in [-0.4, -0.2) is 61.1 Å². The van der Waals surface area contributed by atoms with Crippen molar-refractivity contribution in [3.8, 4) is 11.4 Å². The van der Waals surface area contributed by atoms with Crippen LogP contribution in [0.5, 0.6) is 5.75 Å². The summed E-state index contributed by atoms with van der Waals surface area (Å²) in [4.78, 5) is 17.2. The Morgan fingerprint density at radius 3 is 2.47 bits per heavy atom. The highest BCUT2D eigenvalue weighted by Crippen LogP contribution is 2.28. The number of anilines is 2. The minimum absolute atomic E-state index is 0.142. The number of nitrogens with zero attached hydrogens (tertiary/aromatic N) is 4. The van der Waals surface area contributed by atoms with Crippen LogP contribution < -0.4 is 20.5 Å². The summed E-state index contributed by atoms with van der Waals surface area (Å²) in [7, 11) is 1.72. The second-order valence-electron chi connectivity index (χ2n) is 7.26. The molecule has 0 aliphatic carbocycles. The first-order chi connectivity index (χ1) is 14.7. The van der Waals surface area contributed by atoms with E-state index in [0.29, 0.717) is 0 Å². The van der Waals surface area contributed by atoms with Gasteiger partial charge in [0.2, 0.25) is 0 Å². The quantitative estimate of drug-likeness (QED) is 0.652. The predicted octanol–water partition coefficient (Wildman–Crippen LogP) is 2.48. The number of aromatic nitrogens is 2. The van der Waals surface area contributed by atoms with Crippen molar-refractivity contribution in [2.24, 2.45) is 0 Å². The largest absolute Gasteiger partial charge is 0.495 e. The van der Waals surface area contributed by atoms with Crippen molar-refractivity contribution in [3.05, 3.63) is 77.2 Å². The molecule has 2 heterocycles. The molecule has 0 saturated carbocycles. The fourth-order valence-corrected chi connectivity index (χ4v) is 3.73. The van der Waals surface area contributed by atoms with E-state index in [1.807, 2.05) is 48.5 Å². The molecule has 1 aliphatic rings. The van der Waals surface area contributed by atoms with Crippen LogP contribution in [0.15, 0.2) is 71.7 Å². The number of nitrogens with one attached hydrogen (secondary N) is 1. The van der Waals surface area contributed by atoms with E-state index in [0.717, 1.165) is 62.1 Å². The van der Waals surface area contributed by atoms with Gasteiger partial charge in [0.15, 0.2) is 0 Å². The number of hydrogen-bond donors (Lipinski definition) is 1. The van der Waals surface area contributed by atoms with Gasteiger partial charge in [-0.1, -0.05) is 30.3 Å². The zero-order valence-corrected chi connectivity index (χ0v) is 17.2. The first kappa shape index (κ1) is 20.0. The molecule has 1 fully saturated rings. The van der Waals surface area contributed by atoms with Crippen molar-refractivity contribution in [3.63, 3.8) is 0 Å². The fourth-order valence-electron chi connectivity index (χ4n) is 3.73. The van der Waals surface area contributed by atoms with Crippen molar-refractivity contribution >= 4 is 11.4 Å². The van der Waals surface area contributed by atoms with Gasteiger partial charge in [0.1, 0.15) is 5.75 Å². The molecule has 0 atom stereocenters. The minimum atomic E-state index is -0.142. The molecule has 7 nitrogen and oxygen atoms in total. The van der Waals surface area contributed by atoms with E-state index in [-0.39, 0.29) is 5.56 Å². The van der Waals surface area contributed by atoms with Crippen LogP contribution >= 0.6 is 0 Å². The lowest BCUT2D eigenvalue weighted by atomic mass is 10.2. The van der Waals surface area contributed by atoms with Crippen LogP contribution in [0.4, 0.5) is 11.4 Å². The molecule has 3 aromatic rings. The molecule has 1 aliphatic heterocycles. The summed E-state index contributed by atoms with van der Waals surface area (Å²) in [5.41, 5.74) is 2.53. The molecule has 156 valence electrons. The van der Waals surface area contributed by atoms with Gasteiger partial charge >= 0.3 is 0 Å². The summed E-state index contributed by atoms with van der Waals surface area (Å²) in [5.74, 6) is 0.922. The van der Waals surface area contributed by atoms with Gasteiger partial charge in [0.05, 0.1) is 30.4 Å². The SMILES string of the molecule is COc1ccccc1N1CCN(CCNc2cnn(-c3ccccc3)c(=O)c2)CC1. The van der Waals surface area contributed by atoms with E-state index in [2.05, 4.69) is 26.3 Å². The third-order valence-corrected chi connectivity index (χ3v) is 5.36. The zero-order valence-electron chi connectivity index (χ0n) is 17.2. The molecule has 1 saturated heterocycles. The average Bonchev–Trinajstić information content (AvgIpc) is 2.80. The highest BCUT2D eigenvalue weighted by Gasteiger charge is 2.19. The molecule has 0 amide bonds. The number of ether oxygens (including phenoxy) is 1.